The summed E-state index contributed by atoms with van der Waals surface area (Å²) in [5, 5.41) is 13.0. The number of carbonyl (C=O) groups excluding carboxylic acids is 1. The standard InChI is InChI=1S/C13H6ClF3N2O3/c14-6-1-4-9(10(5-6)19(21)22)18-13(20)7-2-3-8(15)12(17)11(7)16/h1-5H,(H,18,20). The number of rotatable bonds is 3. The van der Waals surface area contributed by atoms with E-state index in [1.54, 1.807) is 0 Å². The van der Waals surface area contributed by atoms with Gasteiger partial charge in [0.1, 0.15) is 5.69 Å². The number of benzene rings is 2. The van der Waals surface area contributed by atoms with Gasteiger partial charge in [0.25, 0.3) is 11.6 Å². The molecule has 0 aliphatic heterocycles. The van der Waals surface area contributed by atoms with Gasteiger partial charge in [-0.2, -0.15) is 0 Å². The van der Waals surface area contributed by atoms with Gasteiger partial charge < -0.3 is 5.32 Å². The minimum absolute atomic E-state index is 0.0590. The molecule has 0 aliphatic carbocycles. The molecule has 114 valence electrons. The molecular weight excluding hydrogens is 325 g/mol. The van der Waals surface area contributed by atoms with E-state index in [0.29, 0.717) is 6.07 Å². The normalized spacial score (nSPS) is 10.4. The number of nitrogens with one attached hydrogen (secondary N) is 1. The lowest BCUT2D eigenvalue weighted by atomic mass is 10.1. The van der Waals surface area contributed by atoms with E-state index < -0.39 is 39.5 Å². The fourth-order valence-electron chi connectivity index (χ4n) is 1.65. The van der Waals surface area contributed by atoms with E-state index in [1.165, 1.54) is 6.07 Å². The number of hydrogen-bond acceptors (Lipinski definition) is 3. The summed E-state index contributed by atoms with van der Waals surface area (Å²) >= 11 is 5.61. The summed E-state index contributed by atoms with van der Waals surface area (Å²) in [6.45, 7) is 0. The first-order chi connectivity index (χ1) is 10.3. The van der Waals surface area contributed by atoms with Crippen molar-refractivity contribution in [3.05, 3.63) is 68.5 Å². The van der Waals surface area contributed by atoms with Crippen molar-refractivity contribution in [1.29, 1.82) is 0 Å². The number of nitro groups is 1. The maximum absolute atomic E-state index is 13.5. The molecule has 22 heavy (non-hydrogen) atoms. The van der Waals surface area contributed by atoms with Crippen LogP contribution in [0.2, 0.25) is 5.02 Å². The monoisotopic (exact) mass is 330 g/mol. The number of nitrogens with zero attached hydrogens (tertiary/aromatic N) is 1. The topological polar surface area (TPSA) is 72.2 Å². The third-order valence-corrected chi connectivity index (χ3v) is 2.92. The van der Waals surface area contributed by atoms with Crippen molar-refractivity contribution in [2.75, 3.05) is 5.32 Å². The van der Waals surface area contributed by atoms with Crippen LogP contribution in [-0.2, 0) is 0 Å². The Kier molecular flexibility index (Phi) is 4.32. The molecular formula is C13H6ClF3N2O3. The third kappa shape index (κ3) is 3.01. The van der Waals surface area contributed by atoms with Crippen LogP contribution in [0.25, 0.3) is 0 Å². The molecule has 2 aromatic carbocycles. The Bertz CT molecular complexity index is 783. The number of amides is 1. The van der Waals surface area contributed by atoms with Crippen LogP contribution in [0.1, 0.15) is 10.4 Å². The van der Waals surface area contributed by atoms with E-state index in [1.807, 2.05) is 0 Å². The number of anilines is 1. The molecule has 1 N–H and O–H groups in total. The summed E-state index contributed by atoms with van der Waals surface area (Å²) < 4.78 is 39.4. The van der Waals surface area contributed by atoms with Crippen LogP contribution in [0.4, 0.5) is 24.5 Å². The molecule has 2 rings (SSSR count). The summed E-state index contributed by atoms with van der Waals surface area (Å²) in [7, 11) is 0. The lowest BCUT2D eigenvalue weighted by molar-refractivity contribution is -0.383. The van der Waals surface area contributed by atoms with Gasteiger partial charge in [0.15, 0.2) is 17.5 Å². The van der Waals surface area contributed by atoms with Crippen LogP contribution in [0.15, 0.2) is 30.3 Å². The molecule has 1 amide bonds. The Morgan fingerprint density at radius 2 is 1.82 bits per heavy atom. The maximum Gasteiger partial charge on any atom is 0.294 e. The van der Waals surface area contributed by atoms with E-state index in [0.717, 1.165) is 18.2 Å². The second kappa shape index (κ2) is 6.02. The zero-order chi connectivity index (χ0) is 16.4. The fourth-order valence-corrected chi connectivity index (χ4v) is 1.82. The second-order valence-corrected chi connectivity index (χ2v) is 4.53. The van der Waals surface area contributed by atoms with Crippen LogP contribution < -0.4 is 5.32 Å². The minimum atomic E-state index is -1.81. The van der Waals surface area contributed by atoms with Crippen molar-refractivity contribution in [2.45, 2.75) is 0 Å². The van der Waals surface area contributed by atoms with Crippen LogP contribution in [0.5, 0.6) is 0 Å². The Hall–Kier alpha value is -2.61. The Balaban J connectivity index is 2.38. The molecule has 0 aromatic heterocycles. The van der Waals surface area contributed by atoms with Gasteiger partial charge in [0, 0.05) is 11.1 Å². The summed E-state index contributed by atoms with van der Waals surface area (Å²) in [5.41, 5.74) is -1.57. The van der Waals surface area contributed by atoms with E-state index in [-0.39, 0.29) is 10.7 Å². The van der Waals surface area contributed by atoms with Crippen molar-refractivity contribution in [2.24, 2.45) is 0 Å². The first kappa shape index (κ1) is 15.8. The number of nitro benzene ring substituents is 1. The molecule has 0 heterocycles. The predicted molar refractivity (Wildman–Crippen MR) is 72.4 cm³/mol. The summed E-state index contributed by atoms with van der Waals surface area (Å²) in [6, 6.07) is 4.69. The van der Waals surface area contributed by atoms with Gasteiger partial charge in [-0.05, 0) is 24.3 Å². The molecule has 0 unspecified atom stereocenters. The zero-order valence-corrected chi connectivity index (χ0v) is 11.3. The zero-order valence-electron chi connectivity index (χ0n) is 10.6. The average molecular weight is 331 g/mol. The first-order valence-electron chi connectivity index (χ1n) is 5.70. The summed E-state index contributed by atoms with van der Waals surface area (Å²) in [5.74, 6) is -6.11. The van der Waals surface area contributed by atoms with E-state index in [2.05, 4.69) is 5.32 Å². The van der Waals surface area contributed by atoms with Gasteiger partial charge in [-0.15, -0.1) is 0 Å². The van der Waals surface area contributed by atoms with Crippen LogP contribution in [0, 0.1) is 27.6 Å². The van der Waals surface area contributed by atoms with E-state index in [9.17, 15) is 28.1 Å². The highest BCUT2D eigenvalue weighted by Gasteiger charge is 2.22. The Morgan fingerprint density at radius 3 is 2.45 bits per heavy atom. The van der Waals surface area contributed by atoms with E-state index in [4.69, 9.17) is 11.6 Å². The number of halogens is 4. The molecule has 0 bridgehead atoms. The van der Waals surface area contributed by atoms with Gasteiger partial charge >= 0.3 is 0 Å². The summed E-state index contributed by atoms with van der Waals surface area (Å²) in [6.07, 6.45) is 0. The quantitative estimate of drug-likeness (QED) is 0.526. The third-order valence-electron chi connectivity index (χ3n) is 2.68. The lowest BCUT2D eigenvalue weighted by Gasteiger charge is -2.07. The molecule has 0 radical (unpaired) electrons. The highest BCUT2D eigenvalue weighted by Crippen LogP contribution is 2.28. The molecule has 0 aliphatic rings. The largest absolute Gasteiger partial charge is 0.316 e. The maximum atomic E-state index is 13.5. The highest BCUT2D eigenvalue weighted by atomic mass is 35.5. The van der Waals surface area contributed by atoms with Gasteiger partial charge in [-0.3, -0.25) is 14.9 Å². The fraction of sp³-hybridized carbons (Fsp3) is 0. The predicted octanol–water partition coefficient (Wildman–Crippen LogP) is 3.92. The molecule has 0 spiro atoms. The summed E-state index contributed by atoms with van der Waals surface area (Å²) in [4.78, 5) is 21.9. The Morgan fingerprint density at radius 1 is 1.14 bits per heavy atom. The van der Waals surface area contributed by atoms with Gasteiger partial charge in [-0.25, -0.2) is 13.2 Å². The van der Waals surface area contributed by atoms with Crippen LogP contribution >= 0.6 is 11.6 Å². The van der Waals surface area contributed by atoms with Crippen LogP contribution in [0.3, 0.4) is 0 Å². The van der Waals surface area contributed by atoms with Gasteiger partial charge in [-0.1, -0.05) is 11.6 Å². The first-order valence-corrected chi connectivity index (χ1v) is 6.08. The minimum Gasteiger partial charge on any atom is -0.316 e. The molecule has 0 atom stereocenters. The second-order valence-electron chi connectivity index (χ2n) is 4.10. The van der Waals surface area contributed by atoms with E-state index >= 15 is 0 Å². The smallest absolute Gasteiger partial charge is 0.294 e. The number of hydrogen-bond donors (Lipinski definition) is 1. The highest BCUT2D eigenvalue weighted by molar-refractivity contribution is 6.31. The molecule has 9 heteroatoms. The molecule has 5 nitrogen and oxygen atoms in total. The van der Waals surface area contributed by atoms with Crippen LogP contribution in [-0.4, -0.2) is 10.8 Å². The van der Waals surface area contributed by atoms with Gasteiger partial charge in [0.2, 0.25) is 0 Å². The molecule has 2 aromatic rings. The molecule has 0 saturated heterocycles. The van der Waals surface area contributed by atoms with Crippen molar-refractivity contribution >= 4 is 28.9 Å². The van der Waals surface area contributed by atoms with Crippen molar-refractivity contribution in [1.82, 2.24) is 0 Å². The van der Waals surface area contributed by atoms with Crippen molar-refractivity contribution < 1.29 is 22.9 Å². The van der Waals surface area contributed by atoms with Crippen molar-refractivity contribution in [3.63, 3.8) is 0 Å². The molecule has 0 saturated carbocycles. The Labute approximate surface area is 126 Å². The lowest BCUT2D eigenvalue weighted by Crippen LogP contribution is -2.16. The van der Waals surface area contributed by atoms with Crippen molar-refractivity contribution in [3.8, 4) is 0 Å². The van der Waals surface area contributed by atoms with Gasteiger partial charge in [0.05, 0.1) is 10.5 Å². The number of carbonyl (C=O) groups is 1. The SMILES string of the molecule is O=C(Nc1ccc(Cl)cc1[N+](=O)[O-])c1ccc(F)c(F)c1F. The average Bonchev–Trinajstić information content (AvgIpc) is 2.46. The molecule has 0 fully saturated rings.